The topological polar surface area (TPSA) is 75.4 Å². The Bertz CT molecular complexity index is 547. The van der Waals surface area contributed by atoms with Crippen molar-refractivity contribution in [3.63, 3.8) is 0 Å². The highest BCUT2D eigenvalue weighted by molar-refractivity contribution is 7.89. The predicted octanol–water partition coefficient (Wildman–Crippen LogP) is 1.93. The van der Waals surface area contributed by atoms with E-state index in [-0.39, 0.29) is 9.92 Å². The molecule has 1 aromatic rings. The van der Waals surface area contributed by atoms with Crippen molar-refractivity contribution in [2.24, 2.45) is 0 Å². The van der Waals surface area contributed by atoms with Gasteiger partial charge in [-0.05, 0) is 52.1 Å². The summed E-state index contributed by atoms with van der Waals surface area (Å²) in [7, 11) is -1.57. The molecule has 0 aliphatic heterocycles. The van der Waals surface area contributed by atoms with E-state index in [1.54, 1.807) is 0 Å². The van der Waals surface area contributed by atoms with Crippen LogP contribution in [-0.2, 0) is 10.0 Å². The number of nitrogen functional groups attached to an aromatic ring is 1. The van der Waals surface area contributed by atoms with E-state index >= 15 is 0 Å². The van der Waals surface area contributed by atoms with E-state index in [0.29, 0.717) is 18.3 Å². The van der Waals surface area contributed by atoms with Crippen LogP contribution in [0.3, 0.4) is 0 Å². The molecule has 0 amide bonds. The molecule has 0 bridgehead atoms. The van der Waals surface area contributed by atoms with Gasteiger partial charge in [0.1, 0.15) is 4.90 Å². The zero-order chi connectivity index (χ0) is 15.3. The Morgan fingerprint density at radius 3 is 2.60 bits per heavy atom. The van der Waals surface area contributed by atoms with E-state index in [4.69, 9.17) is 17.3 Å². The Hall–Kier alpha value is -0.820. The summed E-state index contributed by atoms with van der Waals surface area (Å²) in [6, 6.07) is 4.81. The maximum absolute atomic E-state index is 12.1. The van der Waals surface area contributed by atoms with Gasteiger partial charge in [-0.15, -0.1) is 0 Å². The van der Waals surface area contributed by atoms with Gasteiger partial charge < -0.3 is 10.6 Å². The smallest absolute Gasteiger partial charge is 0.242 e. The highest BCUT2D eigenvalue weighted by Gasteiger charge is 2.17. The third-order valence-corrected chi connectivity index (χ3v) is 5.05. The minimum absolute atomic E-state index is 0.0607. The molecule has 0 unspecified atom stereocenters. The summed E-state index contributed by atoms with van der Waals surface area (Å²) in [5, 5.41) is 0.136. The first-order chi connectivity index (χ1) is 9.24. The van der Waals surface area contributed by atoms with Crippen molar-refractivity contribution in [1.82, 2.24) is 9.62 Å². The third kappa shape index (κ3) is 4.94. The zero-order valence-corrected chi connectivity index (χ0v) is 13.6. The molecule has 0 atom stereocenters. The number of nitrogens with two attached hydrogens (primary N) is 1. The summed E-state index contributed by atoms with van der Waals surface area (Å²) in [6.45, 7) is 5.40. The molecule has 0 aliphatic rings. The summed E-state index contributed by atoms with van der Waals surface area (Å²) in [6.07, 6.45) is 0.737. The quantitative estimate of drug-likeness (QED) is 0.595. The van der Waals surface area contributed by atoms with E-state index in [9.17, 15) is 8.42 Å². The molecule has 0 saturated heterocycles. The molecular weight excluding hydrogens is 298 g/mol. The number of rotatable bonds is 7. The molecule has 20 heavy (non-hydrogen) atoms. The summed E-state index contributed by atoms with van der Waals surface area (Å²) in [5.74, 6) is 0. The molecule has 1 rings (SSSR count). The average Bonchev–Trinajstić information content (AvgIpc) is 2.33. The lowest BCUT2D eigenvalue weighted by atomic mass is 10.3. The van der Waals surface area contributed by atoms with Crippen LogP contribution in [0.25, 0.3) is 0 Å². The molecule has 1 aromatic carbocycles. The number of hydrogen-bond acceptors (Lipinski definition) is 4. The zero-order valence-electron chi connectivity index (χ0n) is 12.1. The summed E-state index contributed by atoms with van der Waals surface area (Å²) in [4.78, 5) is 2.22. The summed E-state index contributed by atoms with van der Waals surface area (Å²) >= 11 is 5.91. The first-order valence-electron chi connectivity index (χ1n) is 6.49. The largest absolute Gasteiger partial charge is 0.399 e. The molecule has 0 saturated carbocycles. The predicted molar refractivity (Wildman–Crippen MR) is 83.4 cm³/mol. The number of nitrogens with zero attached hydrogens (tertiary/aromatic N) is 1. The van der Waals surface area contributed by atoms with Crippen molar-refractivity contribution in [2.45, 2.75) is 31.2 Å². The van der Waals surface area contributed by atoms with Crippen LogP contribution < -0.4 is 10.5 Å². The van der Waals surface area contributed by atoms with Gasteiger partial charge in [0.05, 0.1) is 5.02 Å². The highest BCUT2D eigenvalue weighted by atomic mass is 35.5. The Morgan fingerprint density at radius 2 is 2.05 bits per heavy atom. The lowest BCUT2D eigenvalue weighted by molar-refractivity contribution is 0.271. The Labute approximate surface area is 126 Å². The highest BCUT2D eigenvalue weighted by Crippen LogP contribution is 2.23. The van der Waals surface area contributed by atoms with E-state index in [1.165, 1.54) is 18.2 Å². The molecule has 0 fully saturated rings. The van der Waals surface area contributed by atoms with E-state index in [1.807, 2.05) is 7.05 Å². The second-order valence-electron chi connectivity index (χ2n) is 5.02. The monoisotopic (exact) mass is 319 g/mol. The van der Waals surface area contributed by atoms with Crippen LogP contribution in [0.4, 0.5) is 5.69 Å². The number of benzene rings is 1. The van der Waals surface area contributed by atoms with Crippen LogP contribution in [0, 0.1) is 0 Å². The minimum atomic E-state index is -3.58. The van der Waals surface area contributed by atoms with Gasteiger partial charge in [-0.1, -0.05) is 11.6 Å². The molecule has 0 radical (unpaired) electrons. The average molecular weight is 320 g/mol. The standard InChI is InChI=1S/C13H22ClN3O2S/c1-10(2)17(3)8-4-7-16-20(18,19)13-6-5-11(15)9-12(13)14/h5-6,9-10,16H,4,7-8,15H2,1-3H3. The Kier molecular flexibility index (Phi) is 6.26. The molecule has 3 N–H and O–H groups in total. The van der Waals surface area contributed by atoms with Gasteiger partial charge in [-0.25, -0.2) is 13.1 Å². The molecule has 5 nitrogen and oxygen atoms in total. The maximum Gasteiger partial charge on any atom is 0.242 e. The van der Waals surface area contributed by atoms with Gasteiger partial charge in [0.15, 0.2) is 0 Å². The van der Waals surface area contributed by atoms with Crippen molar-refractivity contribution in [3.8, 4) is 0 Å². The molecule has 0 aromatic heterocycles. The lowest BCUT2D eigenvalue weighted by Gasteiger charge is -2.20. The van der Waals surface area contributed by atoms with Crippen LogP contribution in [0.15, 0.2) is 23.1 Å². The van der Waals surface area contributed by atoms with Crippen molar-refractivity contribution in [2.75, 3.05) is 25.9 Å². The fraction of sp³-hybridized carbons (Fsp3) is 0.538. The second-order valence-corrected chi connectivity index (χ2v) is 7.16. The van der Waals surface area contributed by atoms with Crippen LogP contribution in [0.1, 0.15) is 20.3 Å². The maximum atomic E-state index is 12.1. The van der Waals surface area contributed by atoms with Crippen LogP contribution in [0.2, 0.25) is 5.02 Å². The van der Waals surface area contributed by atoms with Gasteiger partial charge in [-0.3, -0.25) is 0 Å². The molecule has 114 valence electrons. The third-order valence-electron chi connectivity index (χ3n) is 3.11. The van der Waals surface area contributed by atoms with Crippen LogP contribution in [-0.4, -0.2) is 39.5 Å². The molecular formula is C13H22ClN3O2S. The van der Waals surface area contributed by atoms with Crippen molar-refractivity contribution in [3.05, 3.63) is 23.2 Å². The van der Waals surface area contributed by atoms with Gasteiger partial charge in [0, 0.05) is 18.3 Å². The van der Waals surface area contributed by atoms with Gasteiger partial charge in [0.2, 0.25) is 10.0 Å². The fourth-order valence-electron chi connectivity index (χ4n) is 1.61. The van der Waals surface area contributed by atoms with E-state index in [2.05, 4.69) is 23.5 Å². The Morgan fingerprint density at radius 1 is 1.40 bits per heavy atom. The second kappa shape index (κ2) is 7.26. The van der Waals surface area contributed by atoms with Crippen LogP contribution in [0.5, 0.6) is 0 Å². The molecule has 0 aliphatic carbocycles. The SMILES string of the molecule is CC(C)N(C)CCCNS(=O)(=O)c1ccc(N)cc1Cl. The van der Waals surface area contributed by atoms with E-state index < -0.39 is 10.0 Å². The number of halogens is 1. The first kappa shape index (κ1) is 17.2. The number of sulfonamides is 1. The normalized spacial score (nSPS) is 12.3. The van der Waals surface area contributed by atoms with Crippen molar-refractivity contribution in [1.29, 1.82) is 0 Å². The van der Waals surface area contributed by atoms with Gasteiger partial charge in [0.25, 0.3) is 0 Å². The molecule has 7 heteroatoms. The fourth-order valence-corrected chi connectivity index (χ4v) is 3.23. The number of nitrogens with one attached hydrogen (secondary N) is 1. The van der Waals surface area contributed by atoms with Gasteiger partial charge in [-0.2, -0.15) is 0 Å². The molecule has 0 spiro atoms. The lowest BCUT2D eigenvalue weighted by Crippen LogP contribution is -2.31. The Balaban J connectivity index is 2.58. The van der Waals surface area contributed by atoms with E-state index in [0.717, 1.165) is 13.0 Å². The minimum Gasteiger partial charge on any atom is -0.399 e. The number of anilines is 1. The van der Waals surface area contributed by atoms with Crippen molar-refractivity contribution < 1.29 is 8.42 Å². The first-order valence-corrected chi connectivity index (χ1v) is 8.35. The summed E-state index contributed by atoms with van der Waals surface area (Å²) < 4.78 is 26.7. The van der Waals surface area contributed by atoms with Gasteiger partial charge >= 0.3 is 0 Å². The number of hydrogen-bond donors (Lipinski definition) is 2. The van der Waals surface area contributed by atoms with Crippen molar-refractivity contribution >= 4 is 27.3 Å². The van der Waals surface area contributed by atoms with Crippen LogP contribution >= 0.6 is 11.6 Å². The summed E-state index contributed by atoms with van der Waals surface area (Å²) in [5.41, 5.74) is 5.99. The molecule has 0 heterocycles.